The van der Waals surface area contributed by atoms with Crippen LogP contribution in [0.15, 0.2) is 43.0 Å². The fourth-order valence-electron chi connectivity index (χ4n) is 4.29. The first-order valence-electron chi connectivity index (χ1n) is 11.7. The minimum Gasteiger partial charge on any atom is -0.481 e. The number of carbonyl (C=O) groups is 3. The van der Waals surface area contributed by atoms with Gasteiger partial charge < -0.3 is 30.0 Å². The van der Waals surface area contributed by atoms with Gasteiger partial charge in [-0.25, -0.2) is 19.7 Å². The van der Waals surface area contributed by atoms with E-state index in [-0.39, 0.29) is 18.8 Å². The molecular weight excluding hydrogens is 486 g/mol. The summed E-state index contributed by atoms with van der Waals surface area (Å²) in [7, 11) is 0. The van der Waals surface area contributed by atoms with Crippen molar-refractivity contribution in [1.29, 1.82) is 0 Å². The van der Waals surface area contributed by atoms with Crippen molar-refractivity contribution in [2.75, 3.05) is 18.4 Å². The van der Waals surface area contributed by atoms with Crippen molar-refractivity contribution in [2.24, 2.45) is 0 Å². The van der Waals surface area contributed by atoms with Crippen molar-refractivity contribution in [3.05, 3.63) is 48.5 Å². The third-order valence-corrected chi connectivity index (χ3v) is 5.92. The molecule has 0 spiro atoms. The second-order valence-corrected chi connectivity index (χ2v) is 8.36. The quantitative estimate of drug-likeness (QED) is 0.340. The average molecular weight is 511 g/mol. The minimum atomic E-state index is -1.08. The molecule has 4 unspecified atom stereocenters. The van der Waals surface area contributed by atoms with Crippen molar-refractivity contribution < 1.29 is 33.7 Å². The van der Waals surface area contributed by atoms with Gasteiger partial charge in [-0.05, 0) is 6.92 Å². The van der Waals surface area contributed by atoms with E-state index in [1.165, 1.54) is 12.7 Å². The second-order valence-electron chi connectivity index (χ2n) is 8.36. The van der Waals surface area contributed by atoms with Gasteiger partial charge in [0.2, 0.25) is 0 Å². The van der Waals surface area contributed by atoms with E-state index in [1.807, 2.05) is 30.3 Å². The van der Waals surface area contributed by atoms with Crippen LogP contribution in [0, 0.1) is 0 Å². The van der Waals surface area contributed by atoms with E-state index in [4.69, 9.17) is 19.3 Å². The van der Waals surface area contributed by atoms with Gasteiger partial charge in [-0.3, -0.25) is 19.5 Å². The van der Waals surface area contributed by atoms with Crippen LogP contribution in [0.3, 0.4) is 0 Å². The number of carboxylic acids is 1. The Bertz CT molecular complexity index is 1300. The zero-order valence-electron chi connectivity index (χ0n) is 19.7. The summed E-state index contributed by atoms with van der Waals surface area (Å²) in [6.45, 7) is 2.16. The van der Waals surface area contributed by atoms with Crippen molar-refractivity contribution in [3.63, 3.8) is 0 Å². The summed E-state index contributed by atoms with van der Waals surface area (Å²) in [5.41, 5.74) is 1.44. The standard InChI is InChI=1S/C23H25N7O7/c1-2-24-23(34)29-18-14-19(27-10-26-18)30(11-28-14)21-17-15(16(35-21)20(33)25-9-8-13(31)32)36-22(37-17)12-6-4-3-5-7-12/h3-7,10-11,15-17,21-22H,2,8-9H2,1H3,(H,25,33)(H,31,32)(H2,24,26,27,29,34)/t15?,16?,17?,21?,22-/m0/s1. The van der Waals surface area contributed by atoms with Crippen molar-refractivity contribution >= 4 is 34.9 Å². The van der Waals surface area contributed by atoms with E-state index >= 15 is 0 Å². The lowest BCUT2D eigenvalue weighted by molar-refractivity contribution is -0.161. The Morgan fingerprint density at radius 1 is 1.03 bits per heavy atom. The number of anilines is 1. The average Bonchev–Trinajstić information content (AvgIpc) is 3.58. The summed E-state index contributed by atoms with van der Waals surface area (Å²) in [6.07, 6.45) is -1.66. The van der Waals surface area contributed by atoms with Crippen LogP contribution in [-0.4, -0.2) is 73.9 Å². The fraction of sp³-hybridized carbons (Fsp3) is 0.391. The van der Waals surface area contributed by atoms with E-state index < -0.39 is 48.7 Å². The van der Waals surface area contributed by atoms with Gasteiger partial charge in [0.25, 0.3) is 5.91 Å². The molecule has 5 atom stereocenters. The third-order valence-electron chi connectivity index (χ3n) is 5.92. The largest absolute Gasteiger partial charge is 0.481 e. The van der Waals surface area contributed by atoms with Gasteiger partial charge >= 0.3 is 12.0 Å². The van der Waals surface area contributed by atoms with Crippen LogP contribution in [-0.2, 0) is 23.8 Å². The number of urea groups is 1. The van der Waals surface area contributed by atoms with Gasteiger partial charge in [-0.2, -0.15) is 0 Å². The Kier molecular flexibility index (Phi) is 6.94. The highest BCUT2D eigenvalue weighted by atomic mass is 16.8. The van der Waals surface area contributed by atoms with Gasteiger partial charge in [0.1, 0.15) is 18.5 Å². The molecule has 2 aliphatic rings. The third kappa shape index (κ3) is 4.94. The Morgan fingerprint density at radius 3 is 2.57 bits per heavy atom. The highest BCUT2D eigenvalue weighted by molar-refractivity contribution is 5.95. The first-order valence-corrected chi connectivity index (χ1v) is 11.7. The van der Waals surface area contributed by atoms with E-state index in [9.17, 15) is 14.4 Å². The smallest absolute Gasteiger partial charge is 0.320 e. The molecule has 37 heavy (non-hydrogen) atoms. The van der Waals surface area contributed by atoms with Gasteiger partial charge in [0.15, 0.2) is 35.6 Å². The number of hydrogen-bond acceptors (Lipinski definition) is 9. The molecule has 4 N–H and O–H groups in total. The molecule has 4 heterocycles. The number of aromatic nitrogens is 4. The van der Waals surface area contributed by atoms with Crippen molar-refractivity contribution in [2.45, 2.75) is 44.2 Å². The highest BCUT2D eigenvalue weighted by Crippen LogP contribution is 2.45. The fourth-order valence-corrected chi connectivity index (χ4v) is 4.29. The Labute approximate surface area is 210 Å². The molecule has 0 bridgehead atoms. The maximum absolute atomic E-state index is 13.0. The number of fused-ring (bicyclic) bond motifs is 2. The van der Waals surface area contributed by atoms with Gasteiger partial charge in [-0.1, -0.05) is 30.3 Å². The lowest BCUT2D eigenvalue weighted by atomic mass is 10.1. The highest BCUT2D eigenvalue weighted by Gasteiger charge is 2.56. The van der Waals surface area contributed by atoms with Crippen molar-refractivity contribution in [1.82, 2.24) is 30.2 Å². The summed E-state index contributed by atoms with van der Waals surface area (Å²) in [4.78, 5) is 48.6. The number of carbonyl (C=O) groups excluding carboxylic acids is 2. The lowest BCUT2D eigenvalue weighted by Crippen LogP contribution is -2.42. The van der Waals surface area contributed by atoms with Crippen LogP contribution in [0.4, 0.5) is 10.6 Å². The zero-order chi connectivity index (χ0) is 25.9. The van der Waals surface area contributed by atoms with Crippen LogP contribution in [0.25, 0.3) is 11.2 Å². The molecule has 1 aromatic carbocycles. The minimum absolute atomic E-state index is 0.0604. The topological polar surface area (TPSA) is 179 Å². The van der Waals surface area contributed by atoms with Crippen LogP contribution in [0.5, 0.6) is 0 Å². The molecule has 3 amide bonds. The summed E-state index contributed by atoms with van der Waals surface area (Å²) < 4.78 is 20.0. The molecule has 5 rings (SSSR count). The molecule has 0 aliphatic carbocycles. The monoisotopic (exact) mass is 511 g/mol. The van der Waals surface area contributed by atoms with Gasteiger partial charge in [0, 0.05) is 18.7 Å². The molecule has 2 aliphatic heterocycles. The molecule has 14 heteroatoms. The summed E-state index contributed by atoms with van der Waals surface area (Å²) >= 11 is 0. The molecule has 0 saturated carbocycles. The first kappa shape index (κ1) is 24.5. The number of benzene rings is 1. The number of rotatable bonds is 8. The predicted molar refractivity (Wildman–Crippen MR) is 126 cm³/mol. The number of imidazole rings is 1. The van der Waals surface area contributed by atoms with Crippen LogP contribution in [0.1, 0.15) is 31.4 Å². The number of hydrogen-bond donors (Lipinski definition) is 4. The second kappa shape index (κ2) is 10.5. The Hall–Kier alpha value is -4.14. The Balaban J connectivity index is 1.44. The van der Waals surface area contributed by atoms with E-state index in [0.29, 0.717) is 17.7 Å². The molecule has 2 aromatic heterocycles. The number of nitrogens with one attached hydrogen (secondary N) is 3. The molecule has 0 radical (unpaired) electrons. The maximum Gasteiger partial charge on any atom is 0.320 e. The molecule has 2 saturated heterocycles. The zero-order valence-corrected chi connectivity index (χ0v) is 19.7. The number of aliphatic carboxylic acids is 1. The van der Waals surface area contributed by atoms with Crippen molar-refractivity contribution in [3.8, 4) is 0 Å². The summed E-state index contributed by atoms with van der Waals surface area (Å²) in [6, 6.07) is 8.83. The van der Waals surface area contributed by atoms with E-state index in [0.717, 1.165) is 5.56 Å². The van der Waals surface area contributed by atoms with E-state index in [1.54, 1.807) is 11.5 Å². The first-order chi connectivity index (χ1) is 18.0. The van der Waals surface area contributed by atoms with Crippen LogP contribution >= 0.6 is 0 Å². The van der Waals surface area contributed by atoms with Gasteiger partial charge in [-0.15, -0.1) is 0 Å². The van der Waals surface area contributed by atoms with E-state index in [2.05, 4.69) is 30.9 Å². The normalized spacial score (nSPS) is 24.5. The molecular formula is C23H25N7O7. The number of ether oxygens (including phenoxy) is 3. The number of carboxylic acid groups (broad SMARTS) is 1. The molecule has 3 aromatic rings. The van der Waals surface area contributed by atoms with Crippen LogP contribution in [0.2, 0.25) is 0 Å². The van der Waals surface area contributed by atoms with Gasteiger partial charge in [0.05, 0.1) is 12.7 Å². The molecule has 2 fully saturated rings. The predicted octanol–water partition coefficient (Wildman–Crippen LogP) is 0.939. The molecule has 194 valence electrons. The summed E-state index contributed by atoms with van der Waals surface area (Å²) in [5.74, 6) is -1.35. The summed E-state index contributed by atoms with van der Waals surface area (Å²) in [5, 5.41) is 16.7. The Morgan fingerprint density at radius 2 is 1.81 bits per heavy atom. The number of nitrogens with zero attached hydrogens (tertiary/aromatic N) is 4. The lowest BCUT2D eigenvalue weighted by Gasteiger charge is -2.21. The van der Waals surface area contributed by atoms with Crippen LogP contribution < -0.4 is 16.0 Å². The number of amides is 3. The molecule has 14 nitrogen and oxygen atoms in total. The SMILES string of the molecule is CCNC(=O)Nc1ncnc2c1ncn2C1OC(C(=O)NCCC(=O)O)C2O[C@H](c3ccccc3)OC21. The maximum atomic E-state index is 13.0.